The standard InChI is InChI=1S/C25H19ClN4O3/c1-30-24(25(28)32)22(17-4-2-3-16(11-17)13-27)23(29-30)20-10-9-19(12-21(20)31)33-14-15-5-7-18(26)8-6-15/h2-12,31H,14H2,1H3,(H2,28,32). The van der Waals surface area contributed by atoms with Crippen LogP contribution in [-0.4, -0.2) is 20.8 Å². The van der Waals surface area contributed by atoms with Crippen molar-refractivity contribution in [2.75, 3.05) is 0 Å². The number of nitriles is 1. The Morgan fingerprint density at radius 3 is 2.61 bits per heavy atom. The summed E-state index contributed by atoms with van der Waals surface area (Å²) in [5.74, 6) is -0.281. The number of halogens is 1. The van der Waals surface area contributed by atoms with Gasteiger partial charge in [0.2, 0.25) is 0 Å². The Morgan fingerprint density at radius 1 is 1.18 bits per heavy atom. The molecular formula is C25H19ClN4O3. The number of phenolic OH excluding ortho intramolecular Hbond substituents is 1. The molecule has 0 bridgehead atoms. The zero-order chi connectivity index (χ0) is 23.5. The minimum Gasteiger partial charge on any atom is -0.507 e. The summed E-state index contributed by atoms with van der Waals surface area (Å²) in [5.41, 5.74) is 8.94. The fraction of sp³-hybridized carbons (Fsp3) is 0.0800. The van der Waals surface area contributed by atoms with Crippen LogP contribution in [0.3, 0.4) is 0 Å². The quantitative estimate of drug-likeness (QED) is 0.436. The van der Waals surface area contributed by atoms with E-state index in [1.54, 1.807) is 55.6 Å². The number of aryl methyl sites for hydroxylation is 1. The number of ether oxygens (including phenoxy) is 1. The van der Waals surface area contributed by atoms with Gasteiger partial charge in [-0.1, -0.05) is 35.9 Å². The van der Waals surface area contributed by atoms with E-state index in [1.165, 1.54) is 10.7 Å². The normalized spacial score (nSPS) is 10.6. The number of aromatic nitrogens is 2. The van der Waals surface area contributed by atoms with Gasteiger partial charge in [-0.15, -0.1) is 0 Å². The van der Waals surface area contributed by atoms with Crippen LogP contribution in [0.25, 0.3) is 22.4 Å². The lowest BCUT2D eigenvalue weighted by molar-refractivity contribution is 0.0992. The van der Waals surface area contributed by atoms with E-state index in [2.05, 4.69) is 11.2 Å². The first-order valence-corrected chi connectivity index (χ1v) is 10.3. The largest absolute Gasteiger partial charge is 0.507 e. The third-order valence-corrected chi connectivity index (χ3v) is 5.36. The molecule has 33 heavy (non-hydrogen) atoms. The van der Waals surface area contributed by atoms with Gasteiger partial charge < -0.3 is 15.6 Å². The summed E-state index contributed by atoms with van der Waals surface area (Å²) >= 11 is 5.91. The molecule has 3 N–H and O–H groups in total. The van der Waals surface area contributed by atoms with Crippen LogP contribution in [0.15, 0.2) is 66.7 Å². The molecule has 1 amide bonds. The van der Waals surface area contributed by atoms with E-state index in [-0.39, 0.29) is 11.4 Å². The molecule has 7 nitrogen and oxygen atoms in total. The first-order chi connectivity index (χ1) is 15.9. The van der Waals surface area contributed by atoms with E-state index in [0.717, 1.165) is 5.56 Å². The highest BCUT2D eigenvalue weighted by Gasteiger charge is 2.24. The second kappa shape index (κ2) is 9.07. The lowest BCUT2D eigenvalue weighted by Gasteiger charge is -2.10. The maximum atomic E-state index is 12.2. The number of hydrogen-bond acceptors (Lipinski definition) is 5. The molecule has 0 radical (unpaired) electrons. The third-order valence-electron chi connectivity index (χ3n) is 5.10. The van der Waals surface area contributed by atoms with E-state index in [0.29, 0.717) is 45.3 Å². The van der Waals surface area contributed by atoms with Crippen LogP contribution in [0.5, 0.6) is 11.5 Å². The van der Waals surface area contributed by atoms with Crippen molar-refractivity contribution in [1.82, 2.24) is 9.78 Å². The maximum absolute atomic E-state index is 12.2. The summed E-state index contributed by atoms with van der Waals surface area (Å²) in [5, 5.41) is 25.1. The van der Waals surface area contributed by atoms with Crippen molar-refractivity contribution in [1.29, 1.82) is 5.26 Å². The van der Waals surface area contributed by atoms with E-state index >= 15 is 0 Å². The second-order valence-corrected chi connectivity index (χ2v) is 7.78. The Morgan fingerprint density at radius 2 is 1.94 bits per heavy atom. The second-order valence-electron chi connectivity index (χ2n) is 7.35. The number of amides is 1. The summed E-state index contributed by atoms with van der Waals surface area (Å²) in [6, 6.07) is 21.0. The molecule has 0 spiro atoms. The van der Waals surface area contributed by atoms with Crippen LogP contribution in [-0.2, 0) is 13.7 Å². The molecule has 1 heterocycles. The highest BCUT2D eigenvalue weighted by atomic mass is 35.5. The van der Waals surface area contributed by atoms with Gasteiger partial charge in [-0.05, 0) is 47.5 Å². The zero-order valence-corrected chi connectivity index (χ0v) is 18.4. The first-order valence-electron chi connectivity index (χ1n) is 9.95. The molecule has 4 aromatic rings. The van der Waals surface area contributed by atoms with Crippen LogP contribution >= 0.6 is 11.6 Å². The van der Waals surface area contributed by atoms with Gasteiger partial charge in [-0.25, -0.2) is 0 Å². The molecule has 164 valence electrons. The average Bonchev–Trinajstić information content (AvgIpc) is 3.15. The fourth-order valence-electron chi connectivity index (χ4n) is 3.56. The number of benzene rings is 3. The lowest BCUT2D eigenvalue weighted by atomic mass is 9.96. The number of nitrogens with zero attached hydrogens (tertiary/aromatic N) is 3. The highest BCUT2D eigenvalue weighted by Crippen LogP contribution is 2.39. The van der Waals surface area contributed by atoms with Crippen LogP contribution < -0.4 is 10.5 Å². The van der Waals surface area contributed by atoms with E-state index in [4.69, 9.17) is 22.1 Å². The summed E-state index contributed by atoms with van der Waals surface area (Å²) in [7, 11) is 1.60. The van der Waals surface area contributed by atoms with Gasteiger partial charge in [0.25, 0.3) is 5.91 Å². The van der Waals surface area contributed by atoms with E-state index in [9.17, 15) is 15.2 Å². The number of phenols is 1. The number of rotatable bonds is 6. The number of carbonyl (C=O) groups is 1. The minimum absolute atomic E-state index is 0.0737. The number of aromatic hydroxyl groups is 1. The Bertz CT molecular complexity index is 1390. The van der Waals surface area contributed by atoms with Crippen molar-refractivity contribution in [3.63, 3.8) is 0 Å². The lowest BCUT2D eigenvalue weighted by Crippen LogP contribution is -2.16. The molecule has 0 unspecified atom stereocenters. The monoisotopic (exact) mass is 458 g/mol. The molecule has 0 atom stereocenters. The predicted molar refractivity (Wildman–Crippen MR) is 125 cm³/mol. The predicted octanol–water partition coefficient (Wildman–Crippen LogP) is 4.66. The molecule has 8 heteroatoms. The van der Waals surface area contributed by atoms with Crippen molar-refractivity contribution in [2.24, 2.45) is 12.8 Å². The molecular weight excluding hydrogens is 440 g/mol. The van der Waals surface area contributed by atoms with Crippen LogP contribution in [0, 0.1) is 11.3 Å². The number of nitrogens with two attached hydrogens (primary N) is 1. The van der Waals surface area contributed by atoms with Gasteiger partial charge in [0, 0.05) is 29.3 Å². The van der Waals surface area contributed by atoms with E-state index < -0.39 is 5.91 Å². The average molecular weight is 459 g/mol. The van der Waals surface area contributed by atoms with Gasteiger partial charge in [0.15, 0.2) is 0 Å². The molecule has 0 aliphatic carbocycles. The van der Waals surface area contributed by atoms with Crippen LogP contribution in [0.1, 0.15) is 21.6 Å². The van der Waals surface area contributed by atoms with Crippen molar-refractivity contribution in [3.8, 4) is 40.0 Å². The summed E-state index contributed by atoms with van der Waals surface area (Å²) in [6.45, 7) is 0.303. The fourth-order valence-corrected chi connectivity index (χ4v) is 3.69. The number of carbonyl (C=O) groups excluding carboxylic acids is 1. The van der Waals surface area contributed by atoms with Crippen molar-refractivity contribution >= 4 is 17.5 Å². The highest BCUT2D eigenvalue weighted by molar-refractivity contribution is 6.30. The van der Waals surface area contributed by atoms with Gasteiger partial charge >= 0.3 is 0 Å². The van der Waals surface area contributed by atoms with Crippen molar-refractivity contribution in [3.05, 3.63) is 88.6 Å². The Balaban J connectivity index is 1.73. The molecule has 3 aromatic carbocycles. The van der Waals surface area contributed by atoms with Gasteiger partial charge in [0.05, 0.1) is 11.6 Å². The summed E-state index contributed by atoms with van der Waals surface area (Å²) < 4.78 is 7.15. The zero-order valence-electron chi connectivity index (χ0n) is 17.6. The molecule has 1 aromatic heterocycles. The van der Waals surface area contributed by atoms with Crippen molar-refractivity contribution in [2.45, 2.75) is 6.61 Å². The van der Waals surface area contributed by atoms with Crippen LogP contribution in [0.2, 0.25) is 5.02 Å². The Labute approximate surface area is 195 Å². The van der Waals surface area contributed by atoms with E-state index in [1.807, 2.05) is 12.1 Å². The Kier molecular flexibility index (Phi) is 6.03. The molecule has 0 fully saturated rings. The SMILES string of the molecule is Cn1nc(-c2ccc(OCc3ccc(Cl)cc3)cc2O)c(-c2cccc(C#N)c2)c1C(N)=O. The van der Waals surface area contributed by atoms with Crippen LogP contribution in [0.4, 0.5) is 0 Å². The minimum atomic E-state index is -0.670. The smallest absolute Gasteiger partial charge is 0.267 e. The molecule has 0 aliphatic rings. The molecule has 0 saturated heterocycles. The topological polar surface area (TPSA) is 114 Å². The maximum Gasteiger partial charge on any atom is 0.267 e. The first kappa shape index (κ1) is 21.9. The number of hydrogen-bond donors (Lipinski definition) is 2. The third kappa shape index (κ3) is 4.52. The van der Waals surface area contributed by atoms with Crippen molar-refractivity contribution < 1.29 is 14.6 Å². The summed E-state index contributed by atoms with van der Waals surface area (Å²) in [4.78, 5) is 12.2. The molecule has 4 rings (SSSR count). The molecule has 0 aliphatic heterocycles. The van der Waals surface area contributed by atoms with Gasteiger partial charge in [0.1, 0.15) is 29.5 Å². The van der Waals surface area contributed by atoms with Gasteiger partial charge in [-0.3, -0.25) is 9.48 Å². The number of primary amides is 1. The van der Waals surface area contributed by atoms with Gasteiger partial charge in [-0.2, -0.15) is 10.4 Å². The summed E-state index contributed by atoms with van der Waals surface area (Å²) in [6.07, 6.45) is 0. The molecule has 0 saturated carbocycles. The Hall–Kier alpha value is -4.28.